The number of carbonyl (C=O) groups is 1. The highest BCUT2D eigenvalue weighted by atomic mass is 16.5. The van der Waals surface area contributed by atoms with Gasteiger partial charge in [0.05, 0.1) is 38.1 Å². The van der Waals surface area contributed by atoms with Crippen LogP contribution in [0.5, 0.6) is 5.75 Å². The molecular weight excluding hydrogens is 420 g/mol. The molecular formula is C24H34N6O3. The van der Waals surface area contributed by atoms with E-state index in [4.69, 9.17) is 9.47 Å². The first-order valence-electron chi connectivity index (χ1n) is 11.9. The van der Waals surface area contributed by atoms with Gasteiger partial charge in [0.2, 0.25) is 5.91 Å². The van der Waals surface area contributed by atoms with Gasteiger partial charge in [0, 0.05) is 45.9 Å². The van der Waals surface area contributed by atoms with Crippen molar-refractivity contribution in [2.75, 3.05) is 58.4 Å². The molecule has 0 N–H and O–H groups in total. The molecule has 0 radical (unpaired) electrons. The zero-order valence-corrected chi connectivity index (χ0v) is 19.6. The van der Waals surface area contributed by atoms with Crippen molar-refractivity contribution in [1.82, 2.24) is 24.8 Å². The van der Waals surface area contributed by atoms with E-state index in [0.717, 1.165) is 75.8 Å². The van der Waals surface area contributed by atoms with Crippen LogP contribution >= 0.6 is 0 Å². The number of benzene rings is 1. The summed E-state index contributed by atoms with van der Waals surface area (Å²) in [5, 5.41) is 8.43. The van der Waals surface area contributed by atoms with Crippen LogP contribution in [0.3, 0.4) is 0 Å². The number of nitrogens with zero attached hydrogens (tertiary/aromatic N) is 6. The summed E-state index contributed by atoms with van der Waals surface area (Å²) < 4.78 is 12.6. The number of piperazine rings is 1. The van der Waals surface area contributed by atoms with Gasteiger partial charge >= 0.3 is 0 Å². The van der Waals surface area contributed by atoms with Crippen molar-refractivity contribution in [3.63, 3.8) is 0 Å². The lowest BCUT2D eigenvalue weighted by Crippen LogP contribution is -2.60. The average molecular weight is 455 g/mol. The number of hydrogen-bond donors (Lipinski definition) is 0. The van der Waals surface area contributed by atoms with Gasteiger partial charge in [-0.1, -0.05) is 17.3 Å². The number of methoxy groups -OCH3 is 2. The first kappa shape index (κ1) is 22.2. The van der Waals surface area contributed by atoms with E-state index in [-0.39, 0.29) is 5.92 Å². The highest BCUT2D eigenvalue weighted by Gasteiger charge is 2.44. The second kappa shape index (κ2) is 9.69. The van der Waals surface area contributed by atoms with Crippen molar-refractivity contribution >= 4 is 11.6 Å². The molecule has 33 heavy (non-hydrogen) atoms. The normalized spacial score (nSPS) is 27.1. The zero-order chi connectivity index (χ0) is 22.8. The molecule has 4 fully saturated rings. The second-order valence-electron chi connectivity index (χ2n) is 9.39. The minimum Gasteiger partial charge on any atom is -0.495 e. The SMILES string of the molecule is COCc1cn(C[C@H]2C[C@@H]3CCN2C[C@@H]3C(=O)N2CCN(c3ccccc3OC)CC2)nn1. The number of hydrogen-bond acceptors (Lipinski definition) is 7. The largest absolute Gasteiger partial charge is 0.495 e. The van der Waals surface area contributed by atoms with E-state index >= 15 is 0 Å². The third-order valence-electron chi connectivity index (χ3n) is 7.49. The number of para-hydroxylation sites is 2. The molecule has 0 saturated carbocycles. The predicted octanol–water partition coefficient (Wildman–Crippen LogP) is 1.49. The van der Waals surface area contributed by atoms with Crippen molar-refractivity contribution in [1.29, 1.82) is 0 Å². The Bertz CT molecular complexity index is 957. The number of ether oxygens (including phenoxy) is 2. The van der Waals surface area contributed by atoms with E-state index < -0.39 is 0 Å². The lowest BCUT2D eigenvalue weighted by atomic mass is 9.75. The number of carbonyl (C=O) groups excluding carboxylic acids is 1. The molecule has 6 rings (SSSR count). The van der Waals surface area contributed by atoms with Gasteiger partial charge in [-0.3, -0.25) is 14.4 Å². The molecule has 1 aromatic heterocycles. The van der Waals surface area contributed by atoms with Crippen molar-refractivity contribution in [2.24, 2.45) is 11.8 Å². The van der Waals surface area contributed by atoms with Gasteiger partial charge in [0.25, 0.3) is 0 Å². The zero-order valence-electron chi connectivity index (χ0n) is 19.6. The molecule has 4 aliphatic heterocycles. The maximum absolute atomic E-state index is 13.5. The van der Waals surface area contributed by atoms with Gasteiger partial charge in [-0.05, 0) is 37.4 Å². The second-order valence-corrected chi connectivity index (χ2v) is 9.39. The monoisotopic (exact) mass is 454 g/mol. The molecule has 4 aliphatic rings. The Labute approximate surface area is 195 Å². The summed E-state index contributed by atoms with van der Waals surface area (Å²) in [7, 11) is 3.38. The van der Waals surface area contributed by atoms with Gasteiger partial charge in [-0.25, -0.2) is 0 Å². The van der Waals surface area contributed by atoms with E-state index in [2.05, 4.69) is 31.1 Å². The van der Waals surface area contributed by atoms with Gasteiger partial charge in [-0.2, -0.15) is 0 Å². The van der Waals surface area contributed by atoms with Crippen molar-refractivity contribution < 1.29 is 14.3 Å². The summed E-state index contributed by atoms with van der Waals surface area (Å²) in [6.07, 6.45) is 4.13. The Kier molecular flexibility index (Phi) is 6.50. The first-order valence-corrected chi connectivity index (χ1v) is 11.9. The van der Waals surface area contributed by atoms with Gasteiger partial charge < -0.3 is 19.3 Å². The molecule has 9 heteroatoms. The summed E-state index contributed by atoms with van der Waals surface area (Å²) in [5.74, 6) is 1.81. The highest BCUT2D eigenvalue weighted by molar-refractivity contribution is 5.80. The lowest BCUT2D eigenvalue weighted by molar-refractivity contribution is -0.144. The third-order valence-corrected chi connectivity index (χ3v) is 7.49. The minimum atomic E-state index is 0.118. The van der Waals surface area contributed by atoms with Gasteiger partial charge in [-0.15, -0.1) is 5.10 Å². The van der Waals surface area contributed by atoms with Crippen LogP contribution in [0.1, 0.15) is 18.5 Å². The van der Waals surface area contributed by atoms with Crippen LogP contribution in [0.2, 0.25) is 0 Å². The Morgan fingerprint density at radius 1 is 1.12 bits per heavy atom. The standard InChI is InChI=1S/C24H34N6O3/c1-32-17-19-14-30(26-25-19)15-20-13-18-7-8-29(20)16-21(18)24(31)28-11-9-27(10-12-28)22-5-3-4-6-23(22)33-2/h3-6,14,18,20-21H,7-13,15-17H2,1-2H3/t18-,20+,21-/m0/s1. The van der Waals surface area contributed by atoms with E-state index in [0.29, 0.717) is 24.5 Å². The van der Waals surface area contributed by atoms with E-state index in [1.165, 1.54) is 0 Å². The predicted molar refractivity (Wildman–Crippen MR) is 124 cm³/mol. The maximum atomic E-state index is 13.5. The summed E-state index contributed by atoms with van der Waals surface area (Å²) in [4.78, 5) is 20.4. The van der Waals surface area contributed by atoms with Crippen LogP contribution in [0.25, 0.3) is 0 Å². The average Bonchev–Trinajstić information content (AvgIpc) is 3.31. The fourth-order valence-electron chi connectivity index (χ4n) is 5.76. The maximum Gasteiger partial charge on any atom is 0.227 e. The molecule has 1 amide bonds. The fourth-order valence-corrected chi connectivity index (χ4v) is 5.76. The van der Waals surface area contributed by atoms with E-state index in [1.807, 2.05) is 29.1 Å². The van der Waals surface area contributed by atoms with Gasteiger partial charge in [0.15, 0.2) is 0 Å². The Hall–Kier alpha value is -2.65. The van der Waals surface area contributed by atoms with Crippen LogP contribution in [0.4, 0.5) is 5.69 Å². The molecule has 5 heterocycles. The summed E-state index contributed by atoms with van der Waals surface area (Å²) in [5.41, 5.74) is 1.97. The molecule has 178 valence electrons. The van der Waals surface area contributed by atoms with Crippen molar-refractivity contribution in [3.8, 4) is 5.75 Å². The quantitative estimate of drug-likeness (QED) is 0.627. The van der Waals surface area contributed by atoms with Crippen molar-refractivity contribution in [2.45, 2.75) is 32.0 Å². The Balaban J connectivity index is 1.16. The van der Waals surface area contributed by atoms with Gasteiger partial charge in [0.1, 0.15) is 11.4 Å². The Morgan fingerprint density at radius 2 is 1.94 bits per heavy atom. The number of piperidine rings is 3. The molecule has 0 spiro atoms. The molecule has 2 aromatic rings. The number of anilines is 1. The number of amides is 1. The number of fused-ring (bicyclic) bond motifs is 3. The van der Waals surface area contributed by atoms with Crippen LogP contribution in [-0.4, -0.2) is 90.2 Å². The molecule has 4 atom stereocenters. The van der Waals surface area contributed by atoms with E-state index in [9.17, 15) is 4.79 Å². The van der Waals surface area contributed by atoms with Crippen LogP contribution < -0.4 is 9.64 Å². The number of rotatable bonds is 7. The minimum absolute atomic E-state index is 0.118. The summed E-state index contributed by atoms with van der Waals surface area (Å²) >= 11 is 0. The Morgan fingerprint density at radius 3 is 2.67 bits per heavy atom. The van der Waals surface area contributed by atoms with Crippen LogP contribution in [0.15, 0.2) is 30.5 Å². The van der Waals surface area contributed by atoms with Crippen molar-refractivity contribution in [3.05, 3.63) is 36.2 Å². The highest BCUT2D eigenvalue weighted by Crippen LogP contribution is 2.38. The summed E-state index contributed by atoms with van der Waals surface area (Å²) in [6, 6.07) is 8.54. The number of aromatic nitrogens is 3. The molecule has 2 bridgehead atoms. The molecule has 0 aliphatic carbocycles. The van der Waals surface area contributed by atoms with E-state index in [1.54, 1.807) is 14.2 Å². The molecule has 1 unspecified atom stereocenters. The molecule has 9 nitrogen and oxygen atoms in total. The first-order chi connectivity index (χ1) is 16.2. The lowest BCUT2D eigenvalue weighted by Gasteiger charge is -2.50. The van der Waals surface area contributed by atoms with Crippen LogP contribution in [0, 0.1) is 11.8 Å². The third kappa shape index (κ3) is 4.56. The molecule has 4 saturated heterocycles. The van der Waals surface area contributed by atoms with Crippen LogP contribution in [-0.2, 0) is 22.7 Å². The smallest absolute Gasteiger partial charge is 0.227 e. The molecule has 1 aromatic carbocycles. The topological polar surface area (TPSA) is 76.0 Å². The summed E-state index contributed by atoms with van der Waals surface area (Å²) in [6.45, 7) is 6.46. The fraction of sp³-hybridized carbons (Fsp3) is 0.625.